The molecule has 0 bridgehead atoms. The van der Waals surface area contributed by atoms with Gasteiger partial charge in [0.2, 0.25) is 0 Å². The fourth-order valence-corrected chi connectivity index (χ4v) is 2.11. The second-order valence-corrected chi connectivity index (χ2v) is 4.97. The maximum Gasteiger partial charge on any atom is 0.297 e. The van der Waals surface area contributed by atoms with Crippen LogP contribution in [-0.4, -0.2) is 14.5 Å². The van der Waals surface area contributed by atoms with Crippen molar-refractivity contribution in [2.75, 3.05) is 0 Å². The minimum Gasteiger partial charge on any atom is -0.263 e. The molecule has 0 heterocycles. The summed E-state index contributed by atoms with van der Waals surface area (Å²) in [5, 5.41) is 0. The Balaban J connectivity index is 2.90. The van der Waals surface area contributed by atoms with Crippen LogP contribution in [0.3, 0.4) is 0 Å². The molecule has 0 aliphatic carbocycles. The molecule has 0 saturated heterocycles. The van der Waals surface area contributed by atoms with Crippen LogP contribution >= 0.6 is 0 Å². The lowest BCUT2D eigenvalue weighted by molar-refractivity contribution is 0.224. The molecular weight excluding hydrogens is 212 g/mol. The van der Waals surface area contributed by atoms with Crippen LogP contribution < -0.4 is 0 Å². The zero-order valence-electron chi connectivity index (χ0n) is 10.1. The third-order valence-electron chi connectivity index (χ3n) is 2.06. The molecule has 0 N–H and O–H groups in total. The van der Waals surface area contributed by atoms with Gasteiger partial charge in [0, 0.05) is 1.37 Å². The summed E-state index contributed by atoms with van der Waals surface area (Å²) in [6, 6.07) is 6.44. The standard InChI is InChI=1S/C11H16O3S/c1-4-10(3)14-15(12,13)11-7-5-9(2)6-8-11/h5-8,10H,4H2,1-3H3/t10-/m1/s1/i4D/t4-,10+/m0. The van der Waals surface area contributed by atoms with Gasteiger partial charge in [-0.3, -0.25) is 4.18 Å². The lowest BCUT2D eigenvalue weighted by Gasteiger charge is -2.10. The molecule has 0 spiro atoms. The molecule has 0 fully saturated rings. The van der Waals surface area contributed by atoms with E-state index in [4.69, 9.17) is 5.55 Å². The highest BCUT2D eigenvalue weighted by Crippen LogP contribution is 2.15. The van der Waals surface area contributed by atoms with E-state index in [1.807, 2.05) is 6.92 Å². The Bertz CT molecular complexity index is 437. The third-order valence-corrected chi connectivity index (χ3v) is 3.46. The number of hydrogen-bond acceptors (Lipinski definition) is 3. The molecule has 0 radical (unpaired) electrons. The van der Waals surface area contributed by atoms with Gasteiger partial charge in [0.25, 0.3) is 10.1 Å². The van der Waals surface area contributed by atoms with Crippen LogP contribution in [0.2, 0.25) is 0 Å². The zero-order valence-corrected chi connectivity index (χ0v) is 9.91. The Morgan fingerprint density at radius 2 is 1.93 bits per heavy atom. The van der Waals surface area contributed by atoms with E-state index in [1.165, 1.54) is 12.1 Å². The largest absolute Gasteiger partial charge is 0.297 e. The van der Waals surface area contributed by atoms with Gasteiger partial charge >= 0.3 is 0 Å². The molecule has 84 valence electrons. The van der Waals surface area contributed by atoms with E-state index in [1.54, 1.807) is 26.0 Å². The summed E-state index contributed by atoms with van der Waals surface area (Å²) in [5.41, 5.74) is 0.987. The lowest BCUT2D eigenvalue weighted by Crippen LogP contribution is -2.14. The SMILES string of the molecule is [2H][C@@H](C)[C@@H](C)OS(=O)(=O)c1ccc(C)cc1. The van der Waals surface area contributed by atoms with E-state index in [-0.39, 0.29) is 4.90 Å². The van der Waals surface area contributed by atoms with Crippen molar-refractivity contribution in [3.05, 3.63) is 29.8 Å². The predicted octanol–water partition coefficient (Wildman–Crippen LogP) is 2.50. The van der Waals surface area contributed by atoms with Crippen molar-refractivity contribution in [2.45, 2.75) is 38.2 Å². The molecule has 1 aromatic rings. The van der Waals surface area contributed by atoms with Gasteiger partial charge in [-0.15, -0.1) is 0 Å². The van der Waals surface area contributed by atoms with Gasteiger partial charge in [0.15, 0.2) is 0 Å². The highest BCUT2D eigenvalue weighted by molar-refractivity contribution is 7.86. The van der Waals surface area contributed by atoms with Crippen molar-refractivity contribution < 1.29 is 14.0 Å². The molecular formula is C11H16O3S. The van der Waals surface area contributed by atoms with Crippen LogP contribution in [0, 0.1) is 6.92 Å². The Kier molecular flexibility index (Phi) is 3.38. The summed E-state index contributed by atoms with van der Waals surface area (Å²) < 4.78 is 35.8. The first-order chi connectivity index (χ1) is 7.33. The molecule has 4 heteroatoms. The van der Waals surface area contributed by atoms with Gasteiger partial charge in [0.05, 0.1) is 11.0 Å². The van der Waals surface area contributed by atoms with Crippen LogP contribution in [0.15, 0.2) is 29.2 Å². The molecule has 0 saturated carbocycles. The van der Waals surface area contributed by atoms with Gasteiger partial charge in [-0.25, -0.2) is 0 Å². The maximum atomic E-state index is 11.8. The van der Waals surface area contributed by atoms with Crippen LogP contribution in [0.25, 0.3) is 0 Å². The van der Waals surface area contributed by atoms with Crippen molar-refractivity contribution in [1.29, 1.82) is 0 Å². The van der Waals surface area contributed by atoms with E-state index in [9.17, 15) is 8.42 Å². The summed E-state index contributed by atoms with van der Waals surface area (Å²) >= 11 is 0. The summed E-state index contributed by atoms with van der Waals surface area (Å²) in [7, 11) is -3.74. The van der Waals surface area contributed by atoms with Crippen LogP contribution in [0.1, 0.15) is 27.2 Å². The quantitative estimate of drug-likeness (QED) is 0.745. The van der Waals surface area contributed by atoms with E-state index in [0.717, 1.165) is 5.56 Å². The molecule has 0 aromatic heterocycles. The molecule has 0 amide bonds. The average Bonchev–Trinajstić information content (AvgIpc) is 2.17. The molecule has 2 atom stereocenters. The Morgan fingerprint density at radius 3 is 2.40 bits per heavy atom. The first-order valence-corrected chi connectivity index (χ1v) is 6.16. The van der Waals surface area contributed by atoms with Crippen molar-refractivity contribution in [2.24, 2.45) is 0 Å². The highest BCUT2D eigenvalue weighted by atomic mass is 32.2. The van der Waals surface area contributed by atoms with E-state index in [0.29, 0.717) is 0 Å². The molecule has 1 aromatic carbocycles. The zero-order chi connectivity index (χ0) is 12.3. The number of hydrogen-bond donors (Lipinski definition) is 0. The fraction of sp³-hybridized carbons (Fsp3) is 0.455. The van der Waals surface area contributed by atoms with E-state index < -0.39 is 22.6 Å². The molecule has 1 rings (SSSR count). The second kappa shape index (κ2) is 4.77. The van der Waals surface area contributed by atoms with Gasteiger partial charge in [-0.05, 0) is 32.4 Å². The second-order valence-electron chi connectivity index (χ2n) is 3.40. The molecule has 15 heavy (non-hydrogen) atoms. The van der Waals surface area contributed by atoms with Crippen molar-refractivity contribution in [3.8, 4) is 0 Å². The molecule has 0 unspecified atom stereocenters. The molecule has 0 aliphatic rings. The van der Waals surface area contributed by atoms with Gasteiger partial charge < -0.3 is 0 Å². The number of benzene rings is 1. The Labute approximate surface area is 92.6 Å². The fourth-order valence-electron chi connectivity index (χ4n) is 1.02. The summed E-state index contributed by atoms with van der Waals surface area (Å²) in [6.45, 7) is 5.05. The maximum absolute atomic E-state index is 11.8. The Hall–Kier alpha value is -0.870. The van der Waals surface area contributed by atoms with Crippen LogP contribution in [0.4, 0.5) is 0 Å². The van der Waals surface area contributed by atoms with E-state index in [2.05, 4.69) is 0 Å². The lowest BCUT2D eigenvalue weighted by atomic mass is 10.2. The Morgan fingerprint density at radius 1 is 1.40 bits per heavy atom. The average molecular weight is 229 g/mol. The minimum absolute atomic E-state index is 0.130. The third kappa shape index (κ3) is 3.32. The van der Waals surface area contributed by atoms with Crippen molar-refractivity contribution in [1.82, 2.24) is 0 Å². The summed E-state index contributed by atoms with van der Waals surface area (Å²) in [5.74, 6) is 0. The minimum atomic E-state index is -3.74. The van der Waals surface area contributed by atoms with Gasteiger partial charge in [-0.1, -0.05) is 24.6 Å². The smallest absolute Gasteiger partial charge is 0.263 e. The monoisotopic (exact) mass is 229 g/mol. The predicted molar refractivity (Wildman–Crippen MR) is 59.2 cm³/mol. The number of rotatable bonds is 4. The summed E-state index contributed by atoms with van der Waals surface area (Å²) in [6.07, 6.45) is -1.23. The topological polar surface area (TPSA) is 43.4 Å². The van der Waals surface area contributed by atoms with Gasteiger partial charge in [0.1, 0.15) is 0 Å². The first kappa shape index (κ1) is 10.6. The summed E-state index contributed by atoms with van der Waals surface area (Å²) in [4.78, 5) is 0.130. The van der Waals surface area contributed by atoms with Gasteiger partial charge in [-0.2, -0.15) is 8.42 Å². The highest BCUT2D eigenvalue weighted by Gasteiger charge is 2.17. The van der Waals surface area contributed by atoms with Crippen LogP contribution in [-0.2, 0) is 14.3 Å². The number of aryl methyl sites for hydroxylation is 1. The normalized spacial score (nSPS) is 16.9. The molecule has 0 aliphatic heterocycles. The van der Waals surface area contributed by atoms with Crippen molar-refractivity contribution >= 4 is 10.1 Å². The molecule has 3 nitrogen and oxygen atoms in total. The van der Waals surface area contributed by atoms with E-state index >= 15 is 0 Å². The van der Waals surface area contributed by atoms with Crippen LogP contribution in [0.5, 0.6) is 0 Å². The van der Waals surface area contributed by atoms with Crippen molar-refractivity contribution in [3.63, 3.8) is 0 Å². The first-order valence-electron chi connectivity index (χ1n) is 5.33.